The molecule has 0 radical (unpaired) electrons. The molecule has 7 nitrogen and oxygen atoms in total. The number of halogens is 6. The quantitative estimate of drug-likeness (QED) is 0.449. The van der Waals surface area contributed by atoms with E-state index < -0.39 is 52.6 Å². The molecule has 3 aromatic rings. The average Bonchev–Trinajstić information content (AvgIpc) is 3.21. The Labute approximate surface area is 201 Å². The zero-order valence-corrected chi connectivity index (χ0v) is 18.6. The summed E-state index contributed by atoms with van der Waals surface area (Å²) in [5, 5.41) is 17.2. The first-order chi connectivity index (χ1) is 17.0. The molecule has 1 unspecified atom stereocenters. The van der Waals surface area contributed by atoms with Gasteiger partial charge in [-0.05, 0) is 42.0 Å². The third-order valence-electron chi connectivity index (χ3n) is 5.30. The first kappa shape index (κ1) is 25.3. The van der Waals surface area contributed by atoms with Crippen molar-refractivity contribution in [3.8, 4) is 5.75 Å². The molecule has 1 atom stereocenters. The first-order valence-corrected chi connectivity index (χ1v) is 10.4. The Morgan fingerprint density at radius 1 is 0.972 bits per heavy atom. The van der Waals surface area contributed by atoms with Gasteiger partial charge < -0.3 is 9.84 Å². The van der Waals surface area contributed by atoms with Gasteiger partial charge in [0.2, 0.25) is 0 Å². The number of rotatable bonds is 8. The lowest BCUT2D eigenvalue weighted by atomic mass is 9.84. The number of alkyl halides is 2. The van der Waals surface area contributed by atoms with Gasteiger partial charge in [0.15, 0.2) is 5.60 Å². The molecule has 2 N–H and O–H groups in total. The molecule has 4 rings (SSSR count). The van der Waals surface area contributed by atoms with Crippen molar-refractivity contribution >= 4 is 6.34 Å². The van der Waals surface area contributed by atoms with Gasteiger partial charge in [0.25, 0.3) is 0 Å². The molecule has 0 spiro atoms. The summed E-state index contributed by atoms with van der Waals surface area (Å²) in [5.74, 6) is -8.25. The predicted molar refractivity (Wildman–Crippen MR) is 115 cm³/mol. The Bertz CT molecular complexity index is 1260. The van der Waals surface area contributed by atoms with E-state index in [1.807, 2.05) is 0 Å². The zero-order chi connectivity index (χ0) is 26.1. The molecule has 0 aliphatic carbocycles. The number of hydrogen-bond acceptors (Lipinski definition) is 7. The number of β-amino-alcohol motifs (C(OH)–C–C–N with tert-alkyl or cyclic N) is 1. The highest BCUT2D eigenvalue weighted by Gasteiger charge is 2.58. The number of hydrazine groups is 2. The molecule has 13 heteroatoms. The molecule has 0 amide bonds. The molecule has 36 heavy (non-hydrogen) atoms. The van der Waals surface area contributed by atoms with Gasteiger partial charge in [-0.15, -0.1) is 10.6 Å². The number of benzene rings is 2. The van der Waals surface area contributed by atoms with Crippen molar-refractivity contribution in [1.29, 1.82) is 0 Å². The number of nitrogens with one attached hydrogen (secondary N) is 1. The third-order valence-corrected chi connectivity index (χ3v) is 5.30. The number of hydrazone groups is 1. The minimum atomic E-state index is -4.21. The molecule has 0 bridgehead atoms. The van der Waals surface area contributed by atoms with Crippen molar-refractivity contribution in [1.82, 2.24) is 20.6 Å². The van der Waals surface area contributed by atoms with Gasteiger partial charge in [0, 0.05) is 24.7 Å². The first-order valence-electron chi connectivity index (χ1n) is 10.4. The van der Waals surface area contributed by atoms with E-state index in [1.54, 1.807) is 0 Å². The van der Waals surface area contributed by atoms with E-state index in [-0.39, 0.29) is 17.9 Å². The van der Waals surface area contributed by atoms with Crippen molar-refractivity contribution in [2.75, 3.05) is 13.6 Å². The van der Waals surface area contributed by atoms with Crippen LogP contribution in [0.25, 0.3) is 0 Å². The van der Waals surface area contributed by atoms with Crippen LogP contribution in [-0.4, -0.2) is 40.1 Å². The van der Waals surface area contributed by atoms with Gasteiger partial charge in [-0.2, -0.15) is 8.78 Å². The van der Waals surface area contributed by atoms with Crippen LogP contribution in [0.15, 0.2) is 59.8 Å². The summed E-state index contributed by atoms with van der Waals surface area (Å²) in [4.78, 5) is 3.66. The Balaban J connectivity index is 1.62. The zero-order valence-electron chi connectivity index (χ0n) is 18.6. The van der Waals surface area contributed by atoms with Gasteiger partial charge in [-0.3, -0.25) is 9.99 Å². The lowest BCUT2D eigenvalue weighted by Gasteiger charge is -2.38. The van der Waals surface area contributed by atoms with E-state index in [9.17, 15) is 22.7 Å². The van der Waals surface area contributed by atoms with Gasteiger partial charge in [0.1, 0.15) is 47.7 Å². The summed E-state index contributed by atoms with van der Waals surface area (Å²) < 4.78 is 91.6. The van der Waals surface area contributed by atoms with Crippen LogP contribution in [0.3, 0.4) is 0 Å². The number of aromatic nitrogens is 1. The topological polar surface area (TPSA) is 73.2 Å². The molecule has 0 saturated heterocycles. The second-order valence-corrected chi connectivity index (χ2v) is 8.00. The predicted octanol–water partition coefficient (Wildman–Crippen LogP) is 3.81. The van der Waals surface area contributed by atoms with E-state index in [4.69, 9.17) is 4.74 Å². The summed E-state index contributed by atoms with van der Waals surface area (Å²) in [6, 6.07) is 6.57. The molecule has 190 valence electrons. The fraction of sp³-hybridized carbons (Fsp3) is 0.217. The monoisotopic (exact) mass is 511 g/mol. The van der Waals surface area contributed by atoms with Crippen molar-refractivity contribution in [2.24, 2.45) is 5.10 Å². The fourth-order valence-corrected chi connectivity index (χ4v) is 3.57. The maximum Gasteiger partial charge on any atom is 0.323 e. The van der Waals surface area contributed by atoms with Gasteiger partial charge >= 0.3 is 5.92 Å². The third kappa shape index (κ3) is 5.06. The molecule has 1 aromatic heterocycles. The summed E-state index contributed by atoms with van der Waals surface area (Å²) in [5.41, 5.74) is -2.38. The minimum Gasteiger partial charge on any atom is -0.487 e. The maximum atomic E-state index is 15.8. The molecule has 1 aliphatic heterocycles. The van der Waals surface area contributed by atoms with Crippen molar-refractivity contribution in [3.05, 3.63) is 94.8 Å². The summed E-state index contributed by atoms with van der Waals surface area (Å²) >= 11 is 0. The van der Waals surface area contributed by atoms with Crippen molar-refractivity contribution in [3.63, 3.8) is 0 Å². The average molecular weight is 511 g/mol. The van der Waals surface area contributed by atoms with Crippen LogP contribution in [0.5, 0.6) is 5.75 Å². The van der Waals surface area contributed by atoms with Crippen LogP contribution >= 0.6 is 0 Å². The van der Waals surface area contributed by atoms with E-state index >= 15 is 8.78 Å². The fourth-order valence-electron chi connectivity index (χ4n) is 3.57. The lowest BCUT2D eigenvalue weighted by molar-refractivity contribution is -0.212. The van der Waals surface area contributed by atoms with Crippen LogP contribution in [0.2, 0.25) is 0 Å². The second-order valence-electron chi connectivity index (χ2n) is 8.00. The molecule has 2 heterocycles. The highest BCUT2D eigenvalue weighted by atomic mass is 19.3. The van der Waals surface area contributed by atoms with Crippen molar-refractivity contribution in [2.45, 2.75) is 18.1 Å². The lowest BCUT2D eigenvalue weighted by Crippen LogP contribution is -2.54. The summed E-state index contributed by atoms with van der Waals surface area (Å²) in [6.45, 7) is -1.22. The van der Waals surface area contributed by atoms with Gasteiger partial charge in [-0.25, -0.2) is 22.7 Å². The highest BCUT2D eigenvalue weighted by molar-refractivity contribution is 5.54. The largest absolute Gasteiger partial charge is 0.487 e. The number of hydrogen-bond donors (Lipinski definition) is 2. The Morgan fingerprint density at radius 2 is 1.69 bits per heavy atom. The molecule has 0 saturated carbocycles. The SMILES string of the molecule is CN1C=NN(CC(O)(c2ccc(F)cc2F)C(F)(F)c2ccc(OCc3cc(F)cc(F)c3)cn2)N1. The van der Waals surface area contributed by atoms with Crippen LogP contribution in [-0.2, 0) is 18.1 Å². The van der Waals surface area contributed by atoms with Crippen LogP contribution in [0.4, 0.5) is 26.3 Å². The minimum absolute atomic E-state index is 0.0110. The Hall–Kier alpha value is -3.84. The maximum absolute atomic E-state index is 15.8. The van der Waals surface area contributed by atoms with Crippen molar-refractivity contribution < 1.29 is 36.2 Å². The normalized spacial score (nSPS) is 15.3. The molecule has 2 aromatic carbocycles. The molecular weight excluding hydrogens is 492 g/mol. The number of nitrogens with zero attached hydrogens (tertiary/aromatic N) is 4. The van der Waals surface area contributed by atoms with E-state index in [1.165, 1.54) is 18.4 Å². The summed E-state index contributed by atoms with van der Waals surface area (Å²) in [7, 11) is 1.51. The van der Waals surface area contributed by atoms with Gasteiger partial charge in [0.05, 0.1) is 12.7 Å². The number of ether oxygens (including phenoxy) is 1. The molecule has 0 fully saturated rings. The van der Waals surface area contributed by atoms with Gasteiger partial charge in [-0.1, -0.05) is 0 Å². The number of aliphatic hydroxyl groups is 1. The summed E-state index contributed by atoms with van der Waals surface area (Å²) in [6.07, 6.45) is 2.15. The highest BCUT2D eigenvalue weighted by Crippen LogP contribution is 2.46. The second kappa shape index (κ2) is 9.66. The van der Waals surface area contributed by atoms with E-state index in [2.05, 4.69) is 15.6 Å². The molecular formula is C23H19F6N5O2. The van der Waals surface area contributed by atoms with Crippen LogP contribution in [0.1, 0.15) is 16.8 Å². The Morgan fingerprint density at radius 3 is 2.28 bits per heavy atom. The standard InChI is InChI=1S/C23H19F6N5O2/c1-33-13-31-34(32-33)12-22(35,19-4-2-15(24)9-20(19)27)23(28,29)21-5-3-18(10-30-21)36-11-14-6-16(25)8-17(26)7-14/h2-10,13,32,35H,11-12H2,1H3. The van der Waals surface area contributed by atoms with E-state index in [0.29, 0.717) is 12.1 Å². The smallest absolute Gasteiger partial charge is 0.323 e. The Kier molecular flexibility index (Phi) is 6.78. The molecule has 1 aliphatic rings. The van der Waals surface area contributed by atoms with Crippen LogP contribution in [0, 0.1) is 23.3 Å². The number of pyridine rings is 1. The van der Waals surface area contributed by atoms with E-state index in [0.717, 1.165) is 47.7 Å². The van der Waals surface area contributed by atoms with Crippen LogP contribution < -0.4 is 10.3 Å².